The number of anilines is 1. The van der Waals surface area contributed by atoms with Crippen LogP contribution in [-0.2, 0) is 6.54 Å². The van der Waals surface area contributed by atoms with Crippen molar-refractivity contribution in [3.63, 3.8) is 0 Å². The number of aromatic nitrogens is 3. The van der Waals surface area contributed by atoms with Crippen molar-refractivity contribution >= 4 is 28.3 Å². The number of benzene rings is 1. The lowest BCUT2D eigenvalue weighted by Gasteiger charge is -2.07. The van der Waals surface area contributed by atoms with E-state index in [0.29, 0.717) is 10.8 Å². The molecule has 0 atom stereocenters. The Balaban J connectivity index is 2.13. The van der Waals surface area contributed by atoms with Crippen LogP contribution in [0.1, 0.15) is 19.8 Å². The van der Waals surface area contributed by atoms with Crippen LogP contribution in [0.25, 0.3) is 22.2 Å². The number of unbranched alkanes of at least 4 members (excludes halogenated alkanes) is 1. The highest BCUT2D eigenvalue weighted by Crippen LogP contribution is 2.33. The smallest absolute Gasteiger partial charge is 0.131 e. The van der Waals surface area contributed by atoms with E-state index in [9.17, 15) is 0 Å². The van der Waals surface area contributed by atoms with Crippen LogP contribution in [0.2, 0.25) is 5.02 Å². The number of imidazole rings is 1. The van der Waals surface area contributed by atoms with Crippen molar-refractivity contribution in [1.29, 1.82) is 0 Å². The van der Waals surface area contributed by atoms with E-state index in [4.69, 9.17) is 17.3 Å². The average molecular weight is 301 g/mol. The third-order valence-corrected chi connectivity index (χ3v) is 3.93. The molecule has 0 radical (unpaired) electrons. The zero-order chi connectivity index (χ0) is 14.8. The summed E-state index contributed by atoms with van der Waals surface area (Å²) < 4.78 is 1.99. The maximum absolute atomic E-state index is 6.24. The van der Waals surface area contributed by atoms with E-state index in [2.05, 4.69) is 16.9 Å². The number of aryl methyl sites for hydroxylation is 1. The molecular weight excluding hydrogens is 284 g/mol. The first kappa shape index (κ1) is 13.9. The van der Waals surface area contributed by atoms with Gasteiger partial charge in [0.25, 0.3) is 0 Å². The highest BCUT2D eigenvalue weighted by atomic mass is 35.5. The molecule has 108 valence electrons. The van der Waals surface area contributed by atoms with Crippen LogP contribution >= 0.6 is 11.6 Å². The largest absolute Gasteiger partial charge is 0.383 e. The number of pyridine rings is 1. The monoisotopic (exact) mass is 300 g/mol. The van der Waals surface area contributed by atoms with Gasteiger partial charge >= 0.3 is 0 Å². The summed E-state index contributed by atoms with van der Waals surface area (Å²) in [4.78, 5) is 8.92. The fourth-order valence-corrected chi connectivity index (χ4v) is 2.65. The number of hydrogen-bond donors (Lipinski definition) is 1. The minimum Gasteiger partial charge on any atom is -0.383 e. The van der Waals surface area contributed by atoms with Crippen molar-refractivity contribution in [1.82, 2.24) is 14.5 Å². The minimum atomic E-state index is 0.678. The van der Waals surface area contributed by atoms with E-state index in [1.165, 1.54) is 0 Å². The predicted octanol–water partition coefficient (Wildman–Crippen LogP) is 4.13. The lowest BCUT2D eigenvalue weighted by molar-refractivity contribution is 0.637. The van der Waals surface area contributed by atoms with Crippen molar-refractivity contribution in [2.24, 2.45) is 0 Å². The summed E-state index contributed by atoms with van der Waals surface area (Å²) in [6.07, 6.45) is 5.76. The number of nitrogens with two attached hydrogens (primary N) is 1. The van der Waals surface area contributed by atoms with E-state index >= 15 is 0 Å². The van der Waals surface area contributed by atoms with Crippen molar-refractivity contribution < 1.29 is 0 Å². The predicted molar refractivity (Wildman–Crippen MR) is 87.3 cm³/mol. The third-order valence-electron chi connectivity index (χ3n) is 3.60. The second-order valence-electron chi connectivity index (χ2n) is 5.02. The second-order valence-corrected chi connectivity index (χ2v) is 5.43. The molecule has 2 N–H and O–H groups in total. The van der Waals surface area contributed by atoms with E-state index in [1.54, 1.807) is 12.5 Å². The average Bonchev–Trinajstić information content (AvgIpc) is 2.87. The second kappa shape index (κ2) is 5.74. The Bertz CT molecular complexity index is 779. The molecule has 3 rings (SSSR count). The molecule has 1 aromatic carbocycles. The van der Waals surface area contributed by atoms with Crippen LogP contribution in [0.4, 0.5) is 5.82 Å². The zero-order valence-electron chi connectivity index (χ0n) is 11.9. The normalized spacial score (nSPS) is 11.1. The molecule has 2 heterocycles. The summed E-state index contributed by atoms with van der Waals surface area (Å²) in [6.45, 7) is 3.04. The van der Waals surface area contributed by atoms with Gasteiger partial charge in [-0.2, -0.15) is 0 Å². The first-order chi connectivity index (χ1) is 10.2. The summed E-state index contributed by atoms with van der Waals surface area (Å²) in [5.74, 6) is 0.678. The van der Waals surface area contributed by atoms with E-state index in [1.807, 2.05) is 28.8 Å². The van der Waals surface area contributed by atoms with Gasteiger partial charge < -0.3 is 10.3 Å². The van der Waals surface area contributed by atoms with Crippen molar-refractivity contribution in [2.45, 2.75) is 26.3 Å². The Kier molecular flexibility index (Phi) is 3.80. The van der Waals surface area contributed by atoms with Gasteiger partial charge in [-0.05, 0) is 30.7 Å². The molecule has 0 unspecified atom stereocenters. The van der Waals surface area contributed by atoms with Crippen LogP contribution in [0.5, 0.6) is 0 Å². The van der Waals surface area contributed by atoms with Gasteiger partial charge in [-0.3, -0.25) is 4.98 Å². The number of rotatable bonds is 4. The van der Waals surface area contributed by atoms with Gasteiger partial charge in [-0.25, -0.2) is 4.98 Å². The summed E-state index contributed by atoms with van der Waals surface area (Å²) in [5, 5.41) is 1.60. The standard InChI is InChI=1S/C16H17ClN4/c1-2-3-9-21-10-20-15(16(21)18)12-6-7-13(17)11-5-4-8-19-14(11)12/h4-8,10H,2-3,9,18H2,1H3. The molecule has 0 spiro atoms. The molecule has 4 nitrogen and oxygen atoms in total. The molecule has 0 fully saturated rings. The highest BCUT2D eigenvalue weighted by Gasteiger charge is 2.14. The Hall–Kier alpha value is -2.07. The van der Waals surface area contributed by atoms with Crippen molar-refractivity contribution in [3.8, 4) is 11.3 Å². The molecular formula is C16H17ClN4. The fraction of sp³-hybridized carbons (Fsp3) is 0.250. The first-order valence-electron chi connectivity index (χ1n) is 7.06. The van der Waals surface area contributed by atoms with Crippen LogP contribution in [0, 0.1) is 0 Å². The van der Waals surface area contributed by atoms with Gasteiger partial charge in [-0.1, -0.05) is 24.9 Å². The number of hydrogen-bond acceptors (Lipinski definition) is 3. The van der Waals surface area contributed by atoms with Crippen LogP contribution in [-0.4, -0.2) is 14.5 Å². The SMILES string of the molecule is CCCCn1cnc(-c2ccc(Cl)c3cccnc23)c1N. The lowest BCUT2D eigenvalue weighted by atomic mass is 10.1. The molecule has 0 aliphatic rings. The third kappa shape index (κ3) is 2.47. The zero-order valence-corrected chi connectivity index (χ0v) is 12.6. The van der Waals surface area contributed by atoms with E-state index < -0.39 is 0 Å². The molecule has 0 amide bonds. The molecule has 3 aromatic rings. The molecule has 0 saturated carbocycles. The lowest BCUT2D eigenvalue weighted by Crippen LogP contribution is -2.02. The maximum Gasteiger partial charge on any atom is 0.131 e. The van der Waals surface area contributed by atoms with Gasteiger partial charge in [0, 0.05) is 23.7 Å². The fourth-order valence-electron chi connectivity index (χ4n) is 2.43. The quantitative estimate of drug-likeness (QED) is 0.788. The summed E-state index contributed by atoms with van der Waals surface area (Å²) in [5.41, 5.74) is 8.76. The van der Waals surface area contributed by atoms with Gasteiger partial charge in [0.2, 0.25) is 0 Å². The van der Waals surface area contributed by atoms with E-state index in [0.717, 1.165) is 41.5 Å². The topological polar surface area (TPSA) is 56.7 Å². The number of halogens is 1. The van der Waals surface area contributed by atoms with Crippen LogP contribution in [0.15, 0.2) is 36.8 Å². The van der Waals surface area contributed by atoms with Gasteiger partial charge in [0.05, 0.1) is 16.9 Å². The van der Waals surface area contributed by atoms with Gasteiger partial charge in [0.15, 0.2) is 0 Å². The van der Waals surface area contributed by atoms with Gasteiger partial charge in [-0.15, -0.1) is 0 Å². The molecule has 0 aliphatic heterocycles. The van der Waals surface area contributed by atoms with Crippen molar-refractivity contribution in [2.75, 3.05) is 5.73 Å². The Morgan fingerprint density at radius 2 is 2.10 bits per heavy atom. The molecule has 0 bridgehead atoms. The Morgan fingerprint density at radius 1 is 1.24 bits per heavy atom. The summed E-state index contributed by atoms with van der Waals surface area (Å²) >= 11 is 6.23. The highest BCUT2D eigenvalue weighted by molar-refractivity contribution is 6.35. The molecule has 0 aliphatic carbocycles. The van der Waals surface area contributed by atoms with Crippen LogP contribution < -0.4 is 5.73 Å². The molecule has 5 heteroatoms. The number of fused-ring (bicyclic) bond motifs is 1. The molecule has 0 saturated heterocycles. The maximum atomic E-state index is 6.24. The minimum absolute atomic E-state index is 0.678. The number of nitrogens with zero attached hydrogens (tertiary/aromatic N) is 3. The van der Waals surface area contributed by atoms with Gasteiger partial charge in [0.1, 0.15) is 11.5 Å². The van der Waals surface area contributed by atoms with Crippen molar-refractivity contribution in [3.05, 3.63) is 41.8 Å². The van der Waals surface area contributed by atoms with E-state index in [-0.39, 0.29) is 0 Å². The molecule has 21 heavy (non-hydrogen) atoms. The first-order valence-corrected chi connectivity index (χ1v) is 7.44. The Labute approximate surface area is 128 Å². The summed E-state index contributed by atoms with van der Waals surface area (Å²) in [6, 6.07) is 7.63. The summed E-state index contributed by atoms with van der Waals surface area (Å²) in [7, 11) is 0. The molecule has 2 aromatic heterocycles. The Morgan fingerprint density at radius 3 is 2.90 bits per heavy atom. The number of nitrogen functional groups attached to an aromatic ring is 1. The van der Waals surface area contributed by atoms with Crippen LogP contribution in [0.3, 0.4) is 0 Å².